The predicted octanol–water partition coefficient (Wildman–Crippen LogP) is 2.99. The zero-order chi connectivity index (χ0) is 15.9. The van der Waals surface area contributed by atoms with Crippen LogP contribution in [0.1, 0.15) is 37.8 Å². The summed E-state index contributed by atoms with van der Waals surface area (Å²) >= 11 is 6.04. The van der Waals surface area contributed by atoms with Gasteiger partial charge in [-0.2, -0.15) is 0 Å². The molecule has 0 radical (unpaired) electrons. The molecule has 2 N–H and O–H groups in total. The van der Waals surface area contributed by atoms with Crippen LogP contribution < -0.4 is 10.6 Å². The van der Waals surface area contributed by atoms with Crippen LogP contribution in [0.2, 0.25) is 5.02 Å². The van der Waals surface area contributed by atoms with E-state index in [9.17, 15) is 9.59 Å². The van der Waals surface area contributed by atoms with Gasteiger partial charge >= 0.3 is 0 Å². The van der Waals surface area contributed by atoms with Crippen molar-refractivity contribution in [2.24, 2.45) is 5.92 Å². The van der Waals surface area contributed by atoms with Gasteiger partial charge in [-0.25, -0.2) is 0 Å². The molecule has 0 unspecified atom stereocenters. The van der Waals surface area contributed by atoms with Crippen LogP contribution in [0.25, 0.3) is 0 Å². The largest absolute Gasteiger partial charge is 0.356 e. The summed E-state index contributed by atoms with van der Waals surface area (Å²) in [4.78, 5) is 24.0. The van der Waals surface area contributed by atoms with Crippen LogP contribution in [0.15, 0.2) is 36.4 Å². The van der Waals surface area contributed by atoms with Crippen molar-refractivity contribution in [3.05, 3.63) is 47.0 Å². The SMILES string of the molecule is C[C@H]1CC(=O)NCC/C=C\C[C@@H](c2cccc(Cl)c2)NC1=O. The van der Waals surface area contributed by atoms with E-state index in [0.29, 0.717) is 18.0 Å². The van der Waals surface area contributed by atoms with Gasteiger partial charge in [0, 0.05) is 23.9 Å². The molecule has 22 heavy (non-hydrogen) atoms. The van der Waals surface area contributed by atoms with Crippen LogP contribution in [-0.2, 0) is 9.59 Å². The first-order valence-corrected chi connectivity index (χ1v) is 7.91. The molecule has 118 valence electrons. The van der Waals surface area contributed by atoms with E-state index in [4.69, 9.17) is 11.6 Å². The second-order valence-electron chi connectivity index (χ2n) is 5.57. The average Bonchev–Trinajstić information content (AvgIpc) is 2.48. The molecule has 2 rings (SSSR count). The zero-order valence-electron chi connectivity index (χ0n) is 12.6. The summed E-state index contributed by atoms with van der Waals surface area (Å²) in [6.07, 6.45) is 5.75. The summed E-state index contributed by atoms with van der Waals surface area (Å²) < 4.78 is 0. The van der Waals surface area contributed by atoms with Crippen LogP contribution in [0.5, 0.6) is 0 Å². The summed E-state index contributed by atoms with van der Waals surface area (Å²) in [5.74, 6) is -0.560. The zero-order valence-corrected chi connectivity index (χ0v) is 13.4. The molecular formula is C17H21ClN2O2. The van der Waals surface area contributed by atoms with E-state index in [1.165, 1.54) is 0 Å². The molecule has 4 nitrogen and oxygen atoms in total. The van der Waals surface area contributed by atoms with Gasteiger partial charge in [-0.15, -0.1) is 0 Å². The van der Waals surface area contributed by atoms with Gasteiger partial charge in [0.25, 0.3) is 0 Å². The second-order valence-corrected chi connectivity index (χ2v) is 6.00. The first kappa shape index (κ1) is 16.6. The molecule has 0 fully saturated rings. The van der Waals surface area contributed by atoms with Crippen molar-refractivity contribution in [3.63, 3.8) is 0 Å². The minimum atomic E-state index is -0.356. The van der Waals surface area contributed by atoms with E-state index >= 15 is 0 Å². The highest BCUT2D eigenvalue weighted by Crippen LogP contribution is 2.22. The fourth-order valence-electron chi connectivity index (χ4n) is 2.40. The average molecular weight is 321 g/mol. The fourth-order valence-corrected chi connectivity index (χ4v) is 2.60. The normalized spacial score (nSPS) is 25.4. The third-order valence-corrected chi connectivity index (χ3v) is 3.91. The molecule has 1 aliphatic heterocycles. The van der Waals surface area contributed by atoms with Gasteiger partial charge in [-0.05, 0) is 30.5 Å². The summed E-state index contributed by atoms with van der Waals surface area (Å²) in [6.45, 7) is 2.37. The minimum absolute atomic E-state index is 0.0871. The van der Waals surface area contributed by atoms with Crippen molar-refractivity contribution in [2.75, 3.05) is 6.54 Å². The molecule has 0 aromatic heterocycles. The first-order chi connectivity index (χ1) is 10.6. The van der Waals surface area contributed by atoms with Gasteiger partial charge < -0.3 is 10.6 Å². The Labute approximate surface area is 135 Å². The van der Waals surface area contributed by atoms with Crippen molar-refractivity contribution in [2.45, 2.75) is 32.2 Å². The second kappa shape index (κ2) is 7.99. The molecule has 0 saturated heterocycles. The summed E-state index contributed by atoms with van der Waals surface area (Å²) in [5.41, 5.74) is 0.971. The number of carbonyl (C=O) groups is 2. The Hall–Kier alpha value is -1.81. The lowest BCUT2D eigenvalue weighted by Crippen LogP contribution is -2.36. The number of nitrogens with one attached hydrogen (secondary N) is 2. The molecule has 0 spiro atoms. The minimum Gasteiger partial charge on any atom is -0.356 e. The van der Waals surface area contributed by atoms with Gasteiger partial charge in [0.1, 0.15) is 0 Å². The molecule has 0 bridgehead atoms. The topological polar surface area (TPSA) is 58.2 Å². The van der Waals surface area contributed by atoms with Gasteiger partial charge in [0.05, 0.1) is 6.04 Å². The lowest BCUT2D eigenvalue weighted by molar-refractivity contribution is -0.130. The number of benzene rings is 1. The van der Waals surface area contributed by atoms with Crippen LogP contribution in [0.4, 0.5) is 0 Å². The van der Waals surface area contributed by atoms with E-state index in [1.807, 2.05) is 36.4 Å². The standard InChI is InChI=1S/C17H21ClN2O2/c1-12-10-16(21)19-9-4-2-3-8-15(20-17(12)22)13-6-5-7-14(18)11-13/h2-3,5-7,11-12,15H,4,8-10H2,1H3,(H,19,21)(H,20,22)/b3-2-/t12-,15-/m0/s1. The molecular weight excluding hydrogens is 300 g/mol. The molecule has 2 amide bonds. The van der Waals surface area contributed by atoms with Gasteiger partial charge in [0.15, 0.2) is 0 Å². The van der Waals surface area contributed by atoms with Crippen molar-refractivity contribution >= 4 is 23.4 Å². The van der Waals surface area contributed by atoms with Crippen LogP contribution >= 0.6 is 11.6 Å². The molecule has 0 aliphatic carbocycles. The lowest BCUT2D eigenvalue weighted by Gasteiger charge is -2.21. The van der Waals surface area contributed by atoms with Gasteiger partial charge in [-0.3, -0.25) is 9.59 Å². The Kier molecular flexibility index (Phi) is 6.01. The van der Waals surface area contributed by atoms with Crippen LogP contribution in [-0.4, -0.2) is 18.4 Å². The van der Waals surface area contributed by atoms with E-state index in [1.54, 1.807) is 6.92 Å². The Morgan fingerprint density at radius 1 is 1.23 bits per heavy atom. The van der Waals surface area contributed by atoms with Gasteiger partial charge in [0.2, 0.25) is 11.8 Å². The fraction of sp³-hybridized carbons (Fsp3) is 0.412. The monoisotopic (exact) mass is 320 g/mol. The Morgan fingerprint density at radius 2 is 2.05 bits per heavy atom. The first-order valence-electron chi connectivity index (χ1n) is 7.54. The van der Waals surface area contributed by atoms with Crippen molar-refractivity contribution in [3.8, 4) is 0 Å². The number of halogens is 1. The summed E-state index contributed by atoms with van der Waals surface area (Å²) in [6, 6.07) is 7.37. The van der Waals surface area contributed by atoms with Crippen molar-refractivity contribution in [1.29, 1.82) is 0 Å². The molecule has 1 aliphatic rings. The van der Waals surface area contributed by atoms with Crippen LogP contribution in [0.3, 0.4) is 0 Å². The van der Waals surface area contributed by atoms with E-state index in [2.05, 4.69) is 10.6 Å². The molecule has 1 heterocycles. The number of hydrogen-bond acceptors (Lipinski definition) is 2. The predicted molar refractivity (Wildman–Crippen MR) is 87.5 cm³/mol. The Morgan fingerprint density at radius 3 is 2.82 bits per heavy atom. The molecule has 1 aromatic rings. The van der Waals surface area contributed by atoms with E-state index < -0.39 is 0 Å². The number of hydrogen-bond donors (Lipinski definition) is 2. The molecule has 0 saturated carbocycles. The van der Waals surface area contributed by atoms with Gasteiger partial charge in [-0.1, -0.05) is 42.8 Å². The number of rotatable bonds is 1. The molecule has 2 atom stereocenters. The van der Waals surface area contributed by atoms with Crippen LogP contribution in [0, 0.1) is 5.92 Å². The summed E-state index contributed by atoms with van der Waals surface area (Å²) in [5, 5.41) is 6.48. The summed E-state index contributed by atoms with van der Waals surface area (Å²) in [7, 11) is 0. The Balaban J connectivity index is 2.19. The third kappa shape index (κ3) is 4.88. The maximum Gasteiger partial charge on any atom is 0.223 e. The maximum atomic E-state index is 12.3. The van der Waals surface area contributed by atoms with Crippen molar-refractivity contribution in [1.82, 2.24) is 10.6 Å². The highest BCUT2D eigenvalue weighted by Gasteiger charge is 2.21. The smallest absolute Gasteiger partial charge is 0.223 e. The Bertz CT molecular complexity index is 572. The maximum absolute atomic E-state index is 12.3. The number of carbonyl (C=O) groups excluding carboxylic acids is 2. The molecule has 5 heteroatoms. The highest BCUT2D eigenvalue weighted by molar-refractivity contribution is 6.30. The van der Waals surface area contributed by atoms with E-state index in [0.717, 1.165) is 12.0 Å². The number of amides is 2. The van der Waals surface area contributed by atoms with E-state index in [-0.39, 0.29) is 30.2 Å². The quantitative estimate of drug-likeness (QED) is 0.782. The van der Waals surface area contributed by atoms with Crippen molar-refractivity contribution < 1.29 is 9.59 Å². The lowest BCUT2D eigenvalue weighted by atomic mass is 10.0. The highest BCUT2D eigenvalue weighted by atomic mass is 35.5. The molecule has 1 aromatic carbocycles. The third-order valence-electron chi connectivity index (χ3n) is 3.68.